The van der Waals surface area contributed by atoms with E-state index in [2.05, 4.69) is 15.9 Å². The fourth-order valence-electron chi connectivity index (χ4n) is 1.22. The Kier molecular flexibility index (Phi) is 4.14. The van der Waals surface area contributed by atoms with Crippen LogP contribution >= 0.6 is 15.9 Å². The van der Waals surface area contributed by atoms with E-state index in [1.165, 1.54) is 0 Å². The molecule has 0 saturated heterocycles. The van der Waals surface area contributed by atoms with E-state index in [1.807, 2.05) is 18.2 Å². The second-order valence-electron chi connectivity index (χ2n) is 3.14. The maximum Gasteiger partial charge on any atom is 0.133 e. The normalized spacial score (nSPS) is 9.93. The molecule has 0 aliphatic carbocycles. The average Bonchev–Trinajstić information content (AvgIpc) is 2.16. The van der Waals surface area contributed by atoms with Crippen LogP contribution in [0.25, 0.3) is 0 Å². The lowest BCUT2D eigenvalue weighted by Gasteiger charge is -2.07. The molecule has 14 heavy (non-hydrogen) atoms. The molecule has 0 radical (unpaired) electrons. The number of ketones is 1. The third-order valence-electron chi connectivity index (χ3n) is 2.01. The zero-order valence-electron chi connectivity index (χ0n) is 8.34. The Morgan fingerprint density at radius 1 is 1.50 bits per heavy atom. The highest BCUT2D eigenvalue weighted by Gasteiger charge is 2.06. The highest BCUT2D eigenvalue weighted by Crippen LogP contribution is 2.28. The standard InChI is InChI=1S/C11H13BrO2/c1-8(13)6-7-9-4-3-5-10(14-2)11(9)12/h3-5H,6-7H2,1-2H3. The van der Waals surface area contributed by atoms with Crippen LogP contribution in [-0.2, 0) is 11.2 Å². The molecule has 0 aliphatic rings. The van der Waals surface area contributed by atoms with Gasteiger partial charge in [-0.1, -0.05) is 12.1 Å². The molecule has 0 aliphatic heterocycles. The molecule has 1 aromatic rings. The number of hydrogen-bond acceptors (Lipinski definition) is 2. The van der Waals surface area contributed by atoms with Crippen molar-refractivity contribution in [3.63, 3.8) is 0 Å². The Morgan fingerprint density at radius 2 is 2.21 bits per heavy atom. The van der Waals surface area contributed by atoms with Gasteiger partial charge in [-0.2, -0.15) is 0 Å². The number of halogens is 1. The van der Waals surface area contributed by atoms with Crippen molar-refractivity contribution in [2.45, 2.75) is 19.8 Å². The molecule has 0 amide bonds. The summed E-state index contributed by atoms with van der Waals surface area (Å²) in [6.45, 7) is 1.61. The van der Waals surface area contributed by atoms with Crippen LogP contribution in [0.15, 0.2) is 22.7 Å². The van der Waals surface area contributed by atoms with Crippen molar-refractivity contribution < 1.29 is 9.53 Å². The monoisotopic (exact) mass is 256 g/mol. The van der Waals surface area contributed by atoms with Gasteiger partial charge < -0.3 is 9.53 Å². The summed E-state index contributed by atoms with van der Waals surface area (Å²) < 4.78 is 6.11. The first-order chi connectivity index (χ1) is 6.65. The summed E-state index contributed by atoms with van der Waals surface area (Å²) in [6.07, 6.45) is 1.33. The van der Waals surface area contributed by atoms with E-state index >= 15 is 0 Å². The highest BCUT2D eigenvalue weighted by molar-refractivity contribution is 9.10. The maximum absolute atomic E-state index is 10.8. The van der Waals surface area contributed by atoms with Crippen LogP contribution in [0.1, 0.15) is 18.9 Å². The molecule has 0 bridgehead atoms. The van der Waals surface area contributed by atoms with Gasteiger partial charge in [0, 0.05) is 6.42 Å². The number of aryl methyl sites for hydroxylation is 1. The fourth-order valence-corrected chi connectivity index (χ4v) is 1.84. The molecule has 0 spiro atoms. The molecule has 3 heteroatoms. The quantitative estimate of drug-likeness (QED) is 0.828. The van der Waals surface area contributed by atoms with Crippen LogP contribution in [0, 0.1) is 0 Å². The minimum Gasteiger partial charge on any atom is -0.496 e. The van der Waals surface area contributed by atoms with Gasteiger partial charge in [0.15, 0.2) is 0 Å². The summed E-state index contributed by atoms with van der Waals surface area (Å²) in [5.41, 5.74) is 1.11. The van der Waals surface area contributed by atoms with Crippen LogP contribution < -0.4 is 4.74 Å². The predicted octanol–water partition coefficient (Wildman–Crippen LogP) is 2.98. The smallest absolute Gasteiger partial charge is 0.133 e. The SMILES string of the molecule is COc1cccc(CCC(C)=O)c1Br. The molecule has 1 aromatic carbocycles. The van der Waals surface area contributed by atoms with Crippen LogP contribution in [-0.4, -0.2) is 12.9 Å². The molecule has 1 rings (SSSR count). The van der Waals surface area contributed by atoms with Crippen molar-refractivity contribution in [2.75, 3.05) is 7.11 Å². The van der Waals surface area contributed by atoms with E-state index in [1.54, 1.807) is 14.0 Å². The molecular formula is C11H13BrO2. The zero-order valence-corrected chi connectivity index (χ0v) is 9.93. The van der Waals surface area contributed by atoms with Gasteiger partial charge in [0.1, 0.15) is 11.5 Å². The van der Waals surface area contributed by atoms with E-state index < -0.39 is 0 Å². The molecule has 0 heterocycles. The van der Waals surface area contributed by atoms with E-state index in [4.69, 9.17) is 4.74 Å². The van der Waals surface area contributed by atoms with E-state index in [9.17, 15) is 4.79 Å². The van der Waals surface area contributed by atoms with Gasteiger partial charge in [-0.25, -0.2) is 0 Å². The third kappa shape index (κ3) is 2.84. The number of methoxy groups -OCH3 is 1. The molecule has 0 aromatic heterocycles. The third-order valence-corrected chi connectivity index (χ3v) is 2.91. The lowest BCUT2D eigenvalue weighted by atomic mass is 10.1. The van der Waals surface area contributed by atoms with E-state index in [0.717, 1.165) is 22.2 Å². The van der Waals surface area contributed by atoms with E-state index in [0.29, 0.717) is 6.42 Å². The van der Waals surface area contributed by atoms with Crippen molar-refractivity contribution in [1.29, 1.82) is 0 Å². The van der Waals surface area contributed by atoms with Crippen molar-refractivity contribution in [3.05, 3.63) is 28.2 Å². The van der Waals surface area contributed by atoms with Crippen molar-refractivity contribution in [3.8, 4) is 5.75 Å². The number of carbonyl (C=O) groups excluding carboxylic acids is 1. The molecule has 0 saturated carbocycles. The molecule has 76 valence electrons. The maximum atomic E-state index is 10.8. The van der Waals surface area contributed by atoms with Gasteiger partial charge in [0.05, 0.1) is 11.6 Å². The number of ether oxygens (including phenoxy) is 1. The average molecular weight is 257 g/mol. The highest BCUT2D eigenvalue weighted by atomic mass is 79.9. The topological polar surface area (TPSA) is 26.3 Å². The Balaban J connectivity index is 2.81. The van der Waals surface area contributed by atoms with Crippen molar-refractivity contribution in [2.24, 2.45) is 0 Å². The minimum atomic E-state index is 0.208. The minimum absolute atomic E-state index is 0.208. The lowest BCUT2D eigenvalue weighted by molar-refractivity contribution is -0.116. The summed E-state index contributed by atoms with van der Waals surface area (Å²) in [6, 6.07) is 5.82. The number of Topliss-reactive ketones (excluding diaryl/α,β-unsaturated/α-hetero) is 1. The summed E-state index contributed by atoms with van der Waals surface area (Å²) in [7, 11) is 1.63. The first kappa shape index (κ1) is 11.2. The summed E-state index contributed by atoms with van der Waals surface area (Å²) in [5.74, 6) is 1.02. The molecule has 0 unspecified atom stereocenters. The van der Waals surface area contributed by atoms with Crippen LogP contribution in [0.4, 0.5) is 0 Å². The number of benzene rings is 1. The summed E-state index contributed by atoms with van der Waals surface area (Å²) in [4.78, 5) is 10.8. The van der Waals surface area contributed by atoms with Gasteiger partial charge in [0.2, 0.25) is 0 Å². The van der Waals surface area contributed by atoms with E-state index in [-0.39, 0.29) is 5.78 Å². The molecule has 0 fully saturated rings. The number of carbonyl (C=O) groups is 1. The lowest BCUT2D eigenvalue weighted by Crippen LogP contribution is -1.96. The predicted molar refractivity (Wildman–Crippen MR) is 59.7 cm³/mol. The Labute approximate surface area is 92.4 Å². The van der Waals surface area contributed by atoms with Gasteiger partial charge >= 0.3 is 0 Å². The van der Waals surface area contributed by atoms with Gasteiger partial charge in [0.25, 0.3) is 0 Å². The fraction of sp³-hybridized carbons (Fsp3) is 0.364. The molecule has 2 nitrogen and oxygen atoms in total. The number of rotatable bonds is 4. The molecule has 0 atom stereocenters. The van der Waals surface area contributed by atoms with Gasteiger partial charge in [-0.15, -0.1) is 0 Å². The first-order valence-corrected chi connectivity index (χ1v) is 5.25. The van der Waals surface area contributed by atoms with Crippen LogP contribution in [0.3, 0.4) is 0 Å². The largest absolute Gasteiger partial charge is 0.496 e. The van der Waals surface area contributed by atoms with Crippen molar-refractivity contribution in [1.82, 2.24) is 0 Å². The Morgan fingerprint density at radius 3 is 2.79 bits per heavy atom. The van der Waals surface area contributed by atoms with Gasteiger partial charge in [-0.3, -0.25) is 0 Å². The van der Waals surface area contributed by atoms with Crippen LogP contribution in [0.5, 0.6) is 5.75 Å². The molecular weight excluding hydrogens is 244 g/mol. The Hall–Kier alpha value is -0.830. The second-order valence-corrected chi connectivity index (χ2v) is 3.93. The summed E-state index contributed by atoms with van der Waals surface area (Å²) >= 11 is 3.46. The van der Waals surface area contributed by atoms with Crippen LogP contribution in [0.2, 0.25) is 0 Å². The Bertz CT molecular complexity index is 334. The molecule has 0 N–H and O–H groups in total. The van der Waals surface area contributed by atoms with Gasteiger partial charge in [-0.05, 0) is 40.9 Å². The summed E-state index contributed by atoms with van der Waals surface area (Å²) in [5, 5.41) is 0. The second kappa shape index (κ2) is 5.15. The zero-order chi connectivity index (χ0) is 10.6. The number of hydrogen-bond donors (Lipinski definition) is 0. The van der Waals surface area contributed by atoms with Crippen molar-refractivity contribution >= 4 is 21.7 Å². The first-order valence-electron chi connectivity index (χ1n) is 4.46.